The zero-order valence-corrected chi connectivity index (χ0v) is 22.5. The van der Waals surface area contributed by atoms with Crippen LogP contribution < -0.4 is 4.74 Å². The highest BCUT2D eigenvalue weighted by Crippen LogP contribution is 2.35. The van der Waals surface area contributed by atoms with Crippen molar-refractivity contribution in [2.24, 2.45) is 17.8 Å². The van der Waals surface area contributed by atoms with Crippen molar-refractivity contribution < 1.29 is 14.3 Å². The van der Waals surface area contributed by atoms with Crippen LogP contribution in [0, 0.1) is 17.8 Å². The Morgan fingerprint density at radius 1 is 1.08 bits per heavy atom. The molecular weight excluding hydrogens is 470 g/mol. The summed E-state index contributed by atoms with van der Waals surface area (Å²) in [5.41, 5.74) is 2.20. The minimum absolute atomic E-state index is 0.00709. The predicted octanol–water partition coefficient (Wildman–Crippen LogP) is 6.29. The summed E-state index contributed by atoms with van der Waals surface area (Å²) in [6.45, 7) is 7.42. The number of benzene rings is 2. The summed E-state index contributed by atoms with van der Waals surface area (Å²) in [5, 5.41) is 9.68. The first kappa shape index (κ1) is 26.3. The molecule has 0 N–H and O–H groups in total. The molecule has 0 radical (unpaired) electrons. The number of hydrogen-bond donors (Lipinski definition) is 0. The Kier molecular flexibility index (Phi) is 9.08. The molecule has 0 amide bonds. The minimum Gasteiger partial charge on any atom is -0.497 e. The first-order valence-electron chi connectivity index (χ1n) is 12.9. The van der Waals surface area contributed by atoms with Gasteiger partial charge in [-0.15, -0.1) is 10.2 Å². The molecule has 1 aliphatic carbocycles. The van der Waals surface area contributed by atoms with Gasteiger partial charge in [-0.25, -0.2) is 0 Å². The molecule has 3 atom stereocenters. The van der Waals surface area contributed by atoms with Gasteiger partial charge in [-0.3, -0.25) is 4.79 Å². The number of nitrogens with zero attached hydrogens (tertiary/aromatic N) is 3. The van der Waals surface area contributed by atoms with Crippen molar-refractivity contribution in [2.75, 3.05) is 12.9 Å². The largest absolute Gasteiger partial charge is 0.497 e. The van der Waals surface area contributed by atoms with E-state index in [-0.39, 0.29) is 17.8 Å². The van der Waals surface area contributed by atoms with Crippen LogP contribution >= 0.6 is 11.8 Å². The van der Waals surface area contributed by atoms with Crippen LogP contribution in [0.15, 0.2) is 59.8 Å². The van der Waals surface area contributed by atoms with Crippen molar-refractivity contribution in [3.8, 4) is 17.1 Å². The predicted molar refractivity (Wildman–Crippen MR) is 144 cm³/mol. The van der Waals surface area contributed by atoms with E-state index in [0.29, 0.717) is 24.3 Å². The number of hydrogen-bond acceptors (Lipinski definition) is 6. The van der Waals surface area contributed by atoms with E-state index in [2.05, 4.69) is 47.7 Å². The molecule has 3 unspecified atom stereocenters. The van der Waals surface area contributed by atoms with E-state index in [4.69, 9.17) is 9.47 Å². The van der Waals surface area contributed by atoms with Gasteiger partial charge in [0.1, 0.15) is 11.9 Å². The maximum Gasteiger partial charge on any atom is 0.316 e. The molecule has 2 aromatic carbocycles. The van der Waals surface area contributed by atoms with Gasteiger partial charge in [0.2, 0.25) is 0 Å². The van der Waals surface area contributed by atoms with E-state index in [1.165, 1.54) is 23.7 Å². The number of carbonyl (C=O) groups excluding carboxylic acids is 1. The van der Waals surface area contributed by atoms with Crippen LogP contribution in [0.5, 0.6) is 5.75 Å². The van der Waals surface area contributed by atoms with Crippen LogP contribution in [-0.4, -0.2) is 39.7 Å². The second kappa shape index (κ2) is 12.4. The lowest BCUT2D eigenvalue weighted by molar-refractivity contribution is -0.152. The summed E-state index contributed by atoms with van der Waals surface area (Å²) in [6.07, 6.45) is 4.14. The Morgan fingerprint density at radius 2 is 1.83 bits per heavy atom. The SMILES string of the molecule is COc1ccc(-c2nnc(SCC(=O)OC3CC(C)CCC3C(C)C)n2CCc2ccccc2)cc1. The lowest BCUT2D eigenvalue weighted by Crippen LogP contribution is -2.36. The molecule has 0 spiro atoms. The highest BCUT2D eigenvalue weighted by atomic mass is 32.2. The molecule has 6 nitrogen and oxygen atoms in total. The van der Waals surface area contributed by atoms with Gasteiger partial charge in [-0.2, -0.15) is 0 Å². The van der Waals surface area contributed by atoms with Gasteiger partial charge in [-0.1, -0.05) is 69.3 Å². The van der Waals surface area contributed by atoms with Gasteiger partial charge in [0.15, 0.2) is 11.0 Å². The molecule has 192 valence electrons. The summed E-state index contributed by atoms with van der Waals surface area (Å²) >= 11 is 1.40. The van der Waals surface area contributed by atoms with E-state index in [1.807, 2.05) is 42.5 Å². The molecule has 0 saturated heterocycles. The van der Waals surface area contributed by atoms with Crippen LogP contribution in [0.25, 0.3) is 11.4 Å². The molecule has 4 rings (SSSR count). The fraction of sp³-hybridized carbons (Fsp3) is 0.483. The van der Waals surface area contributed by atoms with E-state index in [0.717, 1.165) is 41.6 Å². The summed E-state index contributed by atoms with van der Waals surface area (Å²) in [7, 11) is 1.66. The lowest BCUT2D eigenvalue weighted by atomic mass is 9.75. The molecule has 1 heterocycles. The van der Waals surface area contributed by atoms with Crippen LogP contribution in [0.4, 0.5) is 0 Å². The number of ether oxygens (including phenoxy) is 2. The molecule has 36 heavy (non-hydrogen) atoms. The van der Waals surface area contributed by atoms with E-state index in [1.54, 1.807) is 7.11 Å². The smallest absolute Gasteiger partial charge is 0.316 e. The topological polar surface area (TPSA) is 66.2 Å². The molecule has 1 aromatic heterocycles. The standard InChI is InChI=1S/C29H37N3O3S/c1-20(2)25-15-10-21(3)18-26(25)35-27(33)19-36-29-31-30-28(23-11-13-24(34-4)14-12-23)32(29)17-16-22-8-6-5-7-9-22/h5-9,11-14,20-21,25-26H,10,15-19H2,1-4H3. The first-order valence-corrected chi connectivity index (χ1v) is 13.9. The Labute approximate surface area is 218 Å². The third kappa shape index (κ3) is 6.69. The molecular formula is C29H37N3O3S. The van der Waals surface area contributed by atoms with Crippen LogP contribution in [0.1, 0.15) is 45.6 Å². The van der Waals surface area contributed by atoms with Crippen molar-refractivity contribution >= 4 is 17.7 Å². The molecule has 0 aliphatic heterocycles. The van der Waals surface area contributed by atoms with Gasteiger partial charge >= 0.3 is 5.97 Å². The van der Waals surface area contributed by atoms with Gasteiger partial charge in [-0.05, 0) is 66.8 Å². The van der Waals surface area contributed by atoms with E-state index in [9.17, 15) is 4.79 Å². The van der Waals surface area contributed by atoms with Gasteiger partial charge in [0, 0.05) is 12.1 Å². The number of thioether (sulfide) groups is 1. The average Bonchev–Trinajstić information content (AvgIpc) is 3.29. The van der Waals surface area contributed by atoms with Crippen molar-refractivity contribution in [2.45, 2.75) is 64.3 Å². The monoisotopic (exact) mass is 507 g/mol. The number of aromatic nitrogens is 3. The zero-order valence-electron chi connectivity index (χ0n) is 21.7. The third-order valence-electron chi connectivity index (χ3n) is 7.10. The lowest BCUT2D eigenvalue weighted by Gasteiger charge is -2.36. The van der Waals surface area contributed by atoms with Crippen LogP contribution in [0.3, 0.4) is 0 Å². The third-order valence-corrected chi connectivity index (χ3v) is 8.04. The summed E-state index contributed by atoms with van der Waals surface area (Å²) in [4.78, 5) is 12.9. The van der Waals surface area contributed by atoms with Gasteiger partial charge < -0.3 is 14.0 Å². The Hall–Kier alpha value is -2.80. The quantitative estimate of drug-likeness (QED) is 0.237. The minimum atomic E-state index is -0.173. The number of esters is 1. The molecule has 0 bridgehead atoms. The molecule has 1 aliphatic rings. The molecule has 1 fully saturated rings. The fourth-order valence-electron chi connectivity index (χ4n) is 5.01. The van der Waals surface area contributed by atoms with Crippen molar-refractivity contribution in [1.29, 1.82) is 0 Å². The van der Waals surface area contributed by atoms with Crippen molar-refractivity contribution in [3.05, 3.63) is 60.2 Å². The Bertz CT molecular complexity index is 1110. The maximum absolute atomic E-state index is 12.9. The highest BCUT2D eigenvalue weighted by molar-refractivity contribution is 7.99. The molecule has 3 aromatic rings. The normalized spacial score (nSPS) is 19.9. The van der Waals surface area contributed by atoms with Crippen LogP contribution in [0.2, 0.25) is 0 Å². The number of aryl methyl sites for hydroxylation is 1. The summed E-state index contributed by atoms with van der Waals surface area (Å²) in [6, 6.07) is 18.2. The first-order chi connectivity index (χ1) is 17.4. The van der Waals surface area contributed by atoms with Crippen LogP contribution in [-0.2, 0) is 22.5 Å². The Morgan fingerprint density at radius 3 is 2.53 bits per heavy atom. The zero-order chi connectivity index (χ0) is 25.5. The second-order valence-corrected chi connectivity index (χ2v) is 11.0. The fourth-order valence-corrected chi connectivity index (χ4v) is 5.76. The van der Waals surface area contributed by atoms with Gasteiger partial charge in [0.05, 0.1) is 12.9 Å². The second-order valence-electron chi connectivity index (χ2n) is 10.1. The molecule has 1 saturated carbocycles. The number of rotatable bonds is 10. The Balaban J connectivity index is 1.47. The van der Waals surface area contributed by atoms with Crippen molar-refractivity contribution in [3.63, 3.8) is 0 Å². The summed E-state index contributed by atoms with van der Waals surface area (Å²) in [5.74, 6) is 3.17. The van der Waals surface area contributed by atoms with E-state index >= 15 is 0 Å². The summed E-state index contributed by atoms with van der Waals surface area (Å²) < 4.78 is 13.4. The average molecular weight is 508 g/mol. The highest BCUT2D eigenvalue weighted by Gasteiger charge is 2.33. The number of methoxy groups -OCH3 is 1. The van der Waals surface area contributed by atoms with Crippen molar-refractivity contribution in [1.82, 2.24) is 14.8 Å². The maximum atomic E-state index is 12.9. The van der Waals surface area contributed by atoms with Gasteiger partial charge in [0.25, 0.3) is 0 Å². The van der Waals surface area contributed by atoms with E-state index < -0.39 is 0 Å². The molecule has 7 heteroatoms. The number of carbonyl (C=O) groups is 1.